The Morgan fingerprint density at radius 3 is 2.71 bits per heavy atom. The van der Waals surface area contributed by atoms with Crippen molar-refractivity contribution in [3.63, 3.8) is 0 Å². The van der Waals surface area contributed by atoms with Gasteiger partial charge < -0.3 is 14.6 Å². The van der Waals surface area contributed by atoms with Crippen LogP contribution in [0.25, 0.3) is 10.7 Å². The number of carbonyl (C=O) groups is 1. The van der Waals surface area contributed by atoms with Crippen molar-refractivity contribution < 1.29 is 14.1 Å². The summed E-state index contributed by atoms with van der Waals surface area (Å²) in [5.74, 6) is 2.51. The normalized spacial score (nSPS) is 17.3. The van der Waals surface area contributed by atoms with Crippen LogP contribution in [0.3, 0.4) is 0 Å². The molecule has 2 fully saturated rings. The maximum absolute atomic E-state index is 11.8. The Labute approximate surface area is 166 Å². The summed E-state index contributed by atoms with van der Waals surface area (Å²) in [4.78, 5) is 18.5. The van der Waals surface area contributed by atoms with Crippen LogP contribution < -0.4 is 10.1 Å². The number of methoxy groups -OCH3 is 1. The van der Waals surface area contributed by atoms with E-state index in [9.17, 15) is 4.79 Å². The molecule has 2 aliphatic carbocycles. The number of benzene rings is 1. The number of rotatable bonds is 7. The van der Waals surface area contributed by atoms with Gasteiger partial charge in [-0.05, 0) is 55.5 Å². The second-order valence-corrected chi connectivity index (χ2v) is 8.66. The zero-order chi connectivity index (χ0) is 19.1. The number of hydrogen-bond acceptors (Lipinski definition) is 6. The predicted molar refractivity (Wildman–Crippen MR) is 105 cm³/mol. The van der Waals surface area contributed by atoms with E-state index >= 15 is 0 Å². The lowest BCUT2D eigenvalue weighted by atomic mass is 9.96. The van der Waals surface area contributed by atoms with Gasteiger partial charge in [-0.25, -0.2) is 0 Å². The van der Waals surface area contributed by atoms with E-state index in [1.54, 1.807) is 18.4 Å². The molecule has 7 heteroatoms. The lowest BCUT2D eigenvalue weighted by Crippen LogP contribution is -2.23. The molecule has 1 amide bonds. The molecule has 5 rings (SSSR count). The first-order chi connectivity index (χ1) is 13.7. The molecule has 2 saturated carbocycles. The van der Waals surface area contributed by atoms with Gasteiger partial charge in [-0.2, -0.15) is 4.98 Å². The highest BCUT2D eigenvalue weighted by atomic mass is 32.1. The fraction of sp³-hybridized carbons (Fsp3) is 0.381. The Balaban J connectivity index is 1.31. The van der Waals surface area contributed by atoms with E-state index < -0.39 is 0 Å². The summed E-state index contributed by atoms with van der Waals surface area (Å²) in [7, 11) is 1.67. The van der Waals surface area contributed by atoms with Crippen LogP contribution in [0.5, 0.6) is 5.75 Å². The Bertz CT molecular complexity index is 1000. The molecule has 2 aliphatic rings. The van der Waals surface area contributed by atoms with Gasteiger partial charge in [0.2, 0.25) is 17.6 Å². The van der Waals surface area contributed by atoms with E-state index in [1.807, 2.05) is 24.3 Å². The molecule has 0 radical (unpaired) electrons. The Morgan fingerprint density at radius 2 is 2.04 bits per heavy atom. The Kier molecular flexibility index (Phi) is 4.19. The van der Waals surface area contributed by atoms with Crippen molar-refractivity contribution in [2.24, 2.45) is 5.92 Å². The number of nitrogens with zero attached hydrogens (tertiary/aromatic N) is 2. The Morgan fingerprint density at radius 1 is 1.25 bits per heavy atom. The first kappa shape index (κ1) is 17.4. The number of ether oxygens (including phenoxy) is 1. The number of nitrogens with one attached hydrogen (secondary N) is 1. The van der Waals surface area contributed by atoms with E-state index in [-0.39, 0.29) is 17.2 Å². The maximum atomic E-state index is 11.8. The summed E-state index contributed by atoms with van der Waals surface area (Å²) in [6, 6.07) is 12.1. The Hall–Kier alpha value is -2.67. The van der Waals surface area contributed by atoms with Gasteiger partial charge in [-0.3, -0.25) is 4.79 Å². The van der Waals surface area contributed by atoms with E-state index in [0.717, 1.165) is 41.2 Å². The van der Waals surface area contributed by atoms with Gasteiger partial charge in [-0.1, -0.05) is 17.3 Å². The number of thiophene rings is 1. The van der Waals surface area contributed by atoms with Crippen molar-refractivity contribution in [3.05, 3.63) is 52.7 Å². The molecule has 28 heavy (non-hydrogen) atoms. The fourth-order valence-electron chi connectivity index (χ4n) is 3.44. The molecule has 2 aromatic heterocycles. The molecule has 2 heterocycles. The van der Waals surface area contributed by atoms with Crippen molar-refractivity contribution in [2.75, 3.05) is 7.11 Å². The van der Waals surface area contributed by atoms with Crippen LogP contribution >= 0.6 is 11.3 Å². The monoisotopic (exact) mass is 395 g/mol. The van der Waals surface area contributed by atoms with Crippen LogP contribution in [0, 0.1) is 5.92 Å². The molecule has 0 unspecified atom stereocenters. The van der Waals surface area contributed by atoms with Crippen LogP contribution in [0.15, 0.2) is 40.9 Å². The third-order valence-corrected chi connectivity index (χ3v) is 6.58. The largest absolute Gasteiger partial charge is 0.497 e. The minimum absolute atomic E-state index is 0.159. The highest BCUT2D eigenvalue weighted by Crippen LogP contribution is 2.53. The zero-order valence-corrected chi connectivity index (χ0v) is 16.4. The zero-order valence-electron chi connectivity index (χ0n) is 15.6. The van der Waals surface area contributed by atoms with Crippen LogP contribution in [0.2, 0.25) is 0 Å². The number of aromatic nitrogens is 2. The molecule has 1 aromatic carbocycles. The molecule has 0 atom stereocenters. The average molecular weight is 395 g/mol. The van der Waals surface area contributed by atoms with Crippen molar-refractivity contribution in [2.45, 2.75) is 37.6 Å². The number of hydrogen-bond donors (Lipinski definition) is 1. The summed E-state index contributed by atoms with van der Waals surface area (Å²) in [6.07, 6.45) is 4.04. The molecular formula is C21H21N3O3S. The van der Waals surface area contributed by atoms with Crippen molar-refractivity contribution in [1.82, 2.24) is 15.5 Å². The van der Waals surface area contributed by atoms with E-state index in [4.69, 9.17) is 14.2 Å². The topological polar surface area (TPSA) is 77.2 Å². The molecule has 0 bridgehead atoms. The van der Waals surface area contributed by atoms with Crippen LogP contribution in [-0.2, 0) is 16.8 Å². The molecule has 3 aromatic rings. The van der Waals surface area contributed by atoms with Gasteiger partial charge in [0.25, 0.3) is 0 Å². The number of carbonyl (C=O) groups excluding carboxylic acids is 1. The van der Waals surface area contributed by atoms with Crippen LogP contribution in [-0.4, -0.2) is 23.2 Å². The first-order valence-corrected chi connectivity index (χ1v) is 10.4. The SMILES string of the molecule is COc1ccc(C2(c3nc(-c4ccc(CNC(=O)C5CC5)s4)no3)CC2)cc1. The lowest BCUT2D eigenvalue weighted by Gasteiger charge is -2.11. The summed E-state index contributed by atoms with van der Waals surface area (Å²) >= 11 is 1.59. The molecule has 0 saturated heterocycles. The third-order valence-electron chi connectivity index (χ3n) is 5.50. The summed E-state index contributed by atoms with van der Waals surface area (Å²) < 4.78 is 10.9. The van der Waals surface area contributed by atoms with Gasteiger partial charge in [0.15, 0.2) is 0 Å². The van der Waals surface area contributed by atoms with E-state index in [2.05, 4.69) is 22.6 Å². The van der Waals surface area contributed by atoms with Crippen molar-refractivity contribution in [3.8, 4) is 16.5 Å². The molecular weight excluding hydrogens is 374 g/mol. The average Bonchev–Trinajstić information content (AvgIpc) is 3.64. The van der Waals surface area contributed by atoms with Crippen LogP contribution in [0.1, 0.15) is 42.0 Å². The standard InChI is InChI=1S/C21H21N3O3S/c1-26-15-6-4-14(5-7-15)21(10-11-21)20-23-18(24-27-20)17-9-8-16(28-17)12-22-19(25)13-2-3-13/h4-9,13H,2-3,10-12H2,1H3,(H,22,25). The second kappa shape index (κ2) is 6.74. The molecule has 6 nitrogen and oxygen atoms in total. The second-order valence-electron chi connectivity index (χ2n) is 7.49. The third kappa shape index (κ3) is 3.20. The maximum Gasteiger partial charge on any atom is 0.237 e. The van der Waals surface area contributed by atoms with Crippen LogP contribution in [0.4, 0.5) is 0 Å². The summed E-state index contributed by atoms with van der Waals surface area (Å²) in [6.45, 7) is 0.556. The molecule has 144 valence electrons. The minimum Gasteiger partial charge on any atom is -0.497 e. The highest BCUT2D eigenvalue weighted by Gasteiger charge is 2.51. The molecule has 0 spiro atoms. The van der Waals surface area contributed by atoms with E-state index in [0.29, 0.717) is 18.3 Å². The van der Waals surface area contributed by atoms with E-state index in [1.165, 1.54) is 5.56 Å². The van der Waals surface area contributed by atoms with Crippen molar-refractivity contribution in [1.29, 1.82) is 0 Å². The lowest BCUT2D eigenvalue weighted by molar-refractivity contribution is -0.122. The minimum atomic E-state index is -0.171. The quantitative estimate of drug-likeness (QED) is 0.656. The van der Waals surface area contributed by atoms with Gasteiger partial charge >= 0.3 is 0 Å². The predicted octanol–water partition coefficient (Wildman–Crippen LogP) is 3.91. The smallest absolute Gasteiger partial charge is 0.237 e. The molecule has 1 N–H and O–H groups in total. The fourth-order valence-corrected chi connectivity index (χ4v) is 4.31. The highest BCUT2D eigenvalue weighted by molar-refractivity contribution is 7.15. The van der Waals surface area contributed by atoms with Gasteiger partial charge in [0.05, 0.1) is 23.9 Å². The van der Waals surface area contributed by atoms with Gasteiger partial charge in [0.1, 0.15) is 5.75 Å². The number of amides is 1. The summed E-state index contributed by atoms with van der Waals surface area (Å²) in [5, 5.41) is 7.20. The van der Waals surface area contributed by atoms with Crippen molar-refractivity contribution >= 4 is 17.2 Å². The first-order valence-electron chi connectivity index (χ1n) is 9.53. The molecule has 0 aliphatic heterocycles. The van der Waals surface area contributed by atoms with Gasteiger partial charge in [-0.15, -0.1) is 11.3 Å². The van der Waals surface area contributed by atoms with Gasteiger partial charge in [0, 0.05) is 10.8 Å². The summed E-state index contributed by atoms with van der Waals surface area (Å²) in [5.41, 5.74) is 1.01.